The van der Waals surface area contributed by atoms with Gasteiger partial charge in [0.25, 0.3) is 0 Å². The molecule has 0 saturated carbocycles. The Labute approximate surface area is 145 Å². The van der Waals surface area contributed by atoms with Crippen LogP contribution in [0.4, 0.5) is 0 Å². The zero-order valence-electron chi connectivity index (χ0n) is 13.2. The molecular formula is C21H18O2S. The number of ketones is 1. The highest BCUT2D eigenvalue weighted by atomic mass is 32.2. The molecule has 0 saturated heterocycles. The van der Waals surface area contributed by atoms with Gasteiger partial charge in [-0.05, 0) is 42.7 Å². The first kappa shape index (κ1) is 15.3. The van der Waals surface area contributed by atoms with Gasteiger partial charge in [-0.3, -0.25) is 4.79 Å². The quantitative estimate of drug-likeness (QED) is 0.585. The topological polar surface area (TPSA) is 30.2 Å². The van der Waals surface area contributed by atoms with Gasteiger partial charge in [0.05, 0.1) is 11.5 Å². The van der Waals surface area contributed by atoms with E-state index >= 15 is 0 Å². The molecule has 0 spiro atoms. The lowest BCUT2D eigenvalue weighted by atomic mass is 9.80. The van der Waals surface area contributed by atoms with Crippen molar-refractivity contribution in [3.63, 3.8) is 0 Å². The molecule has 2 atom stereocenters. The van der Waals surface area contributed by atoms with Crippen LogP contribution in [0.5, 0.6) is 0 Å². The Bertz CT molecular complexity index is 824. The molecule has 1 heterocycles. The van der Waals surface area contributed by atoms with Gasteiger partial charge in [-0.2, -0.15) is 0 Å². The third kappa shape index (κ3) is 2.92. The lowest BCUT2D eigenvalue weighted by molar-refractivity contribution is 0.0894. The molecule has 1 aliphatic carbocycles. The maximum Gasteiger partial charge on any atom is 0.167 e. The third-order valence-corrected chi connectivity index (χ3v) is 5.90. The van der Waals surface area contributed by atoms with E-state index in [1.54, 1.807) is 18.0 Å². The smallest absolute Gasteiger partial charge is 0.167 e. The van der Waals surface area contributed by atoms with Crippen LogP contribution in [0.3, 0.4) is 0 Å². The fraction of sp³-hybridized carbons (Fsp3) is 0.190. The Morgan fingerprint density at radius 2 is 1.75 bits per heavy atom. The summed E-state index contributed by atoms with van der Waals surface area (Å²) in [6.07, 6.45) is 3.50. The van der Waals surface area contributed by atoms with Crippen LogP contribution in [-0.4, -0.2) is 5.78 Å². The van der Waals surface area contributed by atoms with E-state index in [1.165, 1.54) is 5.56 Å². The van der Waals surface area contributed by atoms with Crippen molar-refractivity contribution < 1.29 is 9.21 Å². The molecule has 0 radical (unpaired) electrons. The molecule has 3 heteroatoms. The lowest BCUT2D eigenvalue weighted by Gasteiger charge is -2.29. The van der Waals surface area contributed by atoms with E-state index in [0.29, 0.717) is 0 Å². The van der Waals surface area contributed by atoms with Gasteiger partial charge < -0.3 is 4.42 Å². The van der Waals surface area contributed by atoms with Crippen molar-refractivity contribution >= 4 is 17.5 Å². The molecule has 0 amide bonds. The monoisotopic (exact) mass is 334 g/mol. The summed E-state index contributed by atoms with van der Waals surface area (Å²) in [5, 5.41) is 0.00301. The number of aryl methyl sites for hydroxylation is 1. The minimum absolute atomic E-state index is 0.00301. The van der Waals surface area contributed by atoms with Crippen LogP contribution in [0, 0.1) is 5.92 Å². The van der Waals surface area contributed by atoms with Gasteiger partial charge in [0.2, 0.25) is 0 Å². The first-order valence-corrected chi connectivity index (χ1v) is 9.08. The molecule has 0 bridgehead atoms. The zero-order chi connectivity index (χ0) is 16.4. The maximum absolute atomic E-state index is 13.1. The second-order valence-corrected chi connectivity index (χ2v) is 7.25. The average molecular weight is 334 g/mol. The highest BCUT2D eigenvalue weighted by molar-refractivity contribution is 7.99. The van der Waals surface area contributed by atoms with Gasteiger partial charge in [0.15, 0.2) is 5.78 Å². The Morgan fingerprint density at radius 1 is 0.958 bits per heavy atom. The SMILES string of the molecule is O=C1c2ccccc2CCC1C(Sc1ccccc1)c1ccco1. The Balaban J connectivity index is 1.68. The number of thioether (sulfide) groups is 1. The van der Waals surface area contributed by atoms with Crippen molar-refractivity contribution in [2.75, 3.05) is 0 Å². The van der Waals surface area contributed by atoms with Gasteiger partial charge in [-0.25, -0.2) is 0 Å². The number of hydrogen-bond acceptors (Lipinski definition) is 3. The molecule has 1 aromatic heterocycles. The fourth-order valence-corrected chi connectivity index (χ4v) is 4.63. The maximum atomic E-state index is 13.1. The molecule has 2 unspecified atom stereocenters. The van der Waals surface area contributed by atoms with Crippen LogP contribution >= 0.6 is 11.8 Å². The third-order valence-electron chi connectivity index (χ3n) is 4.54. The molecule has 2 nitrogen and oxygen atoms in total. The van der Waals surface area contributed by atoms with E-state index in [0.717, 1.165) is 29.1 Å². The number of carbonyl (C=O) groups is 1. The number of furan rings is 1. The van der Waals surface area contributed by atoms with E-state index in [1.807, 2.05) is 48.5 Å². The normalized spacial score (nSPS) is 18.2. The summed E-state index contributed by atoms with van der Waals surface area (Å²) in [5.74, 6) is 1.06. The predicted molar refractivity (Wildman–Crippen MR) is 96.3 cm³/mol. The van der Waals surface area contributed by atoms with Gasteiger partial charge in [0.1, 0.15) is 5.76 Å². The van der Waals surface area contributed by atoms with E-state index in [4.69, 9.17) is 4.42 Å². The summed E-state index contributed by atoms with van der Waals surface area (Å²) in [6, 6.07) is 22.1. The molecule has 0 N–H and O–H groups in total. The summed E-state index contributed by atoms with van der Waals surface area (Å²) >= 11 is 1.72. The molecule has 24 heavy (non-hydrogen) atoms. The fourth-order valence-electron chi connectivity index (χ4n) is 3.35. The molecule has 120 valence electrons. The molecule has 1 aliphatic rings. The van der Waals surface area contributed by atoms with E-state index in [-0.39, 0.29) is 17.0 Å². The van der Waals surface area contributed by atoms with Crippen LogP contribution in [0.25, 0.3) is 0 Å². The number of rotatable bonds is 4. The number of benzene rings is 2. The molecule has 2 aromatic carbocycles. The van der Waals surface area contributed by atoms with E-state index < -0.39 is 0 Å². The van der Waals surface area contributed by atoms with Crippen molar-refractivity contribution in [2.24, 2.45) is 5.92 Å². The van der Waals surface area contributed by atoms with Gasteiger partial charge in [-0.15, -0.1) is 11.8 Å². The Hall–Kier alpha value is -2.26. The van der Waals surface area contributed by atoms with E-state index in [2.05, 4.69) is 18.2 Å². The van der Waals surface area contributed by atoms with Crippen LogP contribution in [0.1, 0.15) is 33.4 Å². The van der Waals surface area contributed by atoms with Crippen LogP contribution in [0.15, 0.2) is 82.3 Å². The van der Waals surface area contributed by atoms with Crippen LogP contribution in [-0.2, 0) is 6.42 Å². The average Bonchev–Trinajstić information content (AvgIpc) is 3.16. The Kier molecular flexibility index (Phi) is 4.26. The number of carbonyl (C=O) groups excluding carboxylic acids is 1. The Morgan fingerprint density at radius 3 is 2.54 bits per heavy atom. The summed E-state index contributed by atoms with van der Waals surface area (Å²) in [4.78, 5) is 14.2. The van der Waals surface area contributed by atoms with Gasteiger partial charge in [-0.1, -0.05) is 42.5 Å². The summed E-state index contributed by atoms with van der Waals surface area (Å²) < 4.78 is 5.68. The zero-order valence-corrected chi connectivity index (χ0v) is 14.0. The van der Waals surface area contributed by atoms with Crippen LogP contribution < -0.4 is 0 Å². The minimum Gasteiger partial charge on any atom is -0.468 e. The predicted octanol–water partition coefficient (Wildman–Crippen LogP) is 5.56. The standard InChI is InChI=1S/C21H18O2S/c22-20-17-10-5-4-7-15(17)12-13-18(20)21(19-11-6-14-23-19)24-16-8-2-1-3-9-16/h1-11,14,18,21H,12-13H2. The molecular weight excluding hydrogens is 316 g/mol. The molecule has 4 rings (SSSR count). The van der Waals surface area contributed by atoms with Crippen LogP contribution in [0.2, 0.25) is 0 Å². The number of fused-ring (bicyclic) bond motifs is 1. The highest BCUT2D eigenvalue weighted by Gasteiger charge is 2.36. The van der Waals surface area contributed by atoms with E-state index in [9.17, 15) is 4.79 Å². The number of hydrogen-bond donors (Lipinski definition) is 0. The molecule has 0 fully saturated rings. The molecule has 3 aromatic rings. The number of Topliss-reactive ketones (excluding diaryl/α,β-unsaturated/α-hetero) is 1. The van der Waals surface area contributed by atoms with Crippen molar-refractivity contribution in [2.45, 2.75) is 23.0 Å². The highest BCUT2D eigenvalue weighted by Crippen LogP contribution is 2.45. The summed E-state index contributed by atoms with van der Waals surface area (Å²) in [6.45, 7) is 0. The van der Waals surface area contributed by atoms with Crippen molar-refractivity contribution in [1.82, 2.24) is 0 Å². The summed E-state index contributed by atoms with van der Waals surface area (Å²) in [5.41, 5.74) is 2.04. The van der Waals surface area contributed by atoms with Gasteiger partial charge in [0, 0.05) is 16.4 Å². The second kappa shape index (κ2) is 6.70. The lowest BCUT2D eigenvalue weighted by Crippen LogP contribution is -2.26. The molecule has 0 aliphatic heterocycles. The second-order valence-electron chi connectivity index (χ2n) is 6.03. The van der Waals surface area contributed by atoms with Gasteiger partial charge >= 0.3 is 0 Å². The first-order chi connectivity index (χ1) is 11.8. The first-order valence-electron chi connectivity index (χ1n) is 8.20. The minimum atomic E-state index is -0.0590. The van der Waals surface area contributed by atoms with Crippen molar-refractivity contribution in [3.8, 4) is 0 Å². The largest absolute Gasteiger partial charge is 0.468 e. The van der Waals surface area contributed by atoms with Crippen molar-refractivity contribution in [1.29, 1.82) is 0 Å². The van der Waals surface area contributed by atoms with Crippen molar-refractivity contribution in [3.05, 3.63) is 89.9 Å². The summed E-state index contributed by atoms with van der Waals surface area (Å²) in [7, 11) is 0.